The number of aromatic carboxylic acids is 1. The van der Waals surface area contributed by atoms with E-state index in [0.717, 1.165) is 4.88 Å². The highest BCUT2D eigenvalue weighted by Crippen LogP contribution is 2.15. The summed E-state index contributed by atoms with van der Waals surface area (Å²) in [6, 6.07) is 3.25. The van der Waals surface area contributed by atoms with E-state index in [2.05, 4.69) is 5.32 Å². The van der Waals surface area contributed by atoms with Gasteiger partial charge in [0.1, 0.15) is 4.88 Å². The maximum Gasteiger partial charge on any atom is 0.345 e. The highest BCUT2D eigenvalue weighted by atomic mass is 32.1. The Balaban J connectivity index is 2.27. The van der Waals surface area contributed by atoms with Gasteiger partial charge >= 0.3 is 5.97 Å². The summed E-state index contributed by atoms with van der Waals surface area (Å²) in [5.74, 6) is -1.04. The largest absolute Gasteiger partial charge is 0.477 e. The Labute approximate surface area is 110 Å². The Morgan fingerprint density at radius 2 is 2.17 bits per heavy atom. The molecule has 0 atom stereocenters. The average molecular weight is 271 g/mol. The van der Waals surface area contributed by atoms with Gasteiger partial charge in [-0.1, -0.05) is 0 Å². The summed E-state index contributed by atoms with van der Waals surface area (Å²) in [7, 11) is 0. The monoisotopic (exact) mass is 271 g/mol. The van der Waals surface area contributed by atoms with Gasteiger partial charge in [0.15, 0.2) is 0 Å². The molecule has 0 aromatic carbocycles. The van der Waals surface area contributed by atoms with Gasteiger partial charge in [0, 0.05) is 11.3 Å². The van der Waals surface area contributed by atoms with Crippen molar-refractivity contribution in [3.8, 4) is 0 Å². The van der Waals surface area contributed by atoms with Crippen LogP contribution < -0.4 is 5.32 Å². The first-order valence-electron chi connectivity index (χ1n) is 5.69. The molecule has 0 spiro atoms. The molecular formula is C12H17NO4S. The van der Waals surface area contributed by atoms with Gasteiger partial charge in [-0.05, 0) is 26.0 Å². The number of nitrogens with one attached hydrogen (secondary N) is 1. The van der Waals surface area contributed by atoms with E-state index >= 15 is 0 Å². The van der Waals surface area contributed by atoms with Crippen molar-refractivity contribution in [2.75, 3.05) is 6.61 Å². The normalized spacial score (nSPS) is 10.6. The number of hydrogen-bond acceptors (Lipinski definition) is 4. The lowest BCUT2D eigenvalue weighted by atomic mass is 10.4. The molecule has 100 valence electrons. The van der Waals surface area contributed by atoms with Gasteiger partial charge in [-0.25, -0.2) is 4.79 Å². The maximum absolute atomic E-state index is 11.4. The minimum absolute atomic E-state index is 0.0964. The van der Waals surface area contributed by atoms with Gasteiger partial charge in [0.2, 0.25) is 5.91 Å². The fourth-order valence-corrected chi connectivity index (χ4v) is 2.04. The van der Waals surface area contributed by atoms with Crippen LogP contribution in [0.3, 0.4) is 0 Å². The van der Waals surface area contributed by atoms with Crippen LogP contribution in [0.2, 0.25) is 0 Å². The first kappa shape index (κ1) is 14.7. The van der Waals surface area contributed by atoms with Crippen molar-refractivity contribution in [3.63, 3.8) is 0 Å². The molecule has 0 unspecified atom stereocenters. The van der Waals surface area contributed by atoms with E-state index in [4.69, 9.17) is 9.84 Å². The maximum atomic E-state index is 11.4. The molecule has 0 saturated heterocycles. The minimum atomic E-state index is -0.942. The summed E-state index contributed by atoms with van der Waals surface area (Å²) in [6.07, 6.45) is 0.434. The summed E-state index contributed by atoms with van der Waals surface area (Å²) in [5, 5.41) is 11.5. The van der Waals surface area contributed by atoms with Crippen LogP contribution in [-0.2, 0) is 16.1 Å². The van der Waals surface area contributed by atoms with Crippen LogP contribution in [0.15, 0.2) is 12.1 Å². The number of ether oxygens (including phenoxy) is 1. The van der Waals surface area contributed by atoms with E-state index in [9.17, 15) is 9.59 Å². The minimum Gasteiger partial charge on any atom is -0.477 e. The van der Waals surface area contributed by atoms with Gasteiger partial charge < -0.3 is 15.2 Å². The smallest absolute Gasteiger partial charge is 0.345 e. The molecular weight excluding hydrogens is 254 g/mol. The number of carboxylic acid groups (broad SMARTS) is 1. The standard InChI is InChI=1S/C12H17NO4S/c1-8(2)17-6-5-11(14)13-7-9-3-4-10(18-9)12(15)16/h3-4,8H,5-7H2,1-2H3,(H,13,14)(H,15,16). The van der Waals surface area contributed by atoms with Crippen molar-refractivity contribution in [1.29, 1.82) is 0 Å². The number of carbonyl (C=O) groups excluding carboxylic acids is 1. The zero-order chi connectivity index (χ0) is 13.5. The van der Waals surface area contributed by atoms with Gasteiger partial charge in [0.05, 0.1) is 19.3 Å². The molecule has 1 heterocycles. The number of rotatable bonds is 7. The Morgan fingerprint density at radius 1 is 1.44 bits per heavy atom. The highest BCUT2D eigenvalue weighted by molar-refractivity contribution is 7.13. The molecule has 0 saturated carbocycles. The van der Waals surface area contributed by atoms with Crippen LogP contribution in [-0.4, -0.2) is 29.7 Å². The van der Waals surface area contributed by atoms with E-state index in [1.807, 2.05) is 13.8 Å². The van der Waals surface area contributed by atoms with E-state index in [0.29, 0.717) is 19.6 Å². The van der Waals surface area contributed by atoms with Gasteiger partial charge in [-0.3, -0.25) is 4.79 Å². The molecule has 5 nitrogen and oxygen atoms in total. The number of carbonyl (C=O) groups is 2. The van der Waals surface area contributed by atoms with E-state index in [1.165, 1.54) is 17.4 Å². The van der Waals surface area contributed by atoms with Gasteiger partial charge in [-0.2, -0.15) is 0 Å². The Bertz CT molecular complexity index is 414. The molecule has 2 N–H and O–H groups in total. The van der Waals surface area contributed by atoms with Crippen LogP contribution in [0.1, 0.15) is 34.8 Å². The zero-order valence-corrected chi connectivity index (χ0v) is 11.3. The predicted molar refractivity (Wildman–Crippen MR) is 68.8 cm³/mol. The third-order valence-corrected chi connectivity index (χ3v) is 3.19. The topological polar surface area (TPSA) is 75.6 Å². The van der Waals surface area contributed by atoms with Crippen molar-refractivity contribution < 1.29 is 19.4 Å². The molecule has 0 fully saturated rings. The number of amides is 1. The van der Waals surface area contributed by atoms with E-state index in [-0.39, 0.29) is 16.9 Å². The Kier molecular flexibility index (Phi) is 5.80. The molecule has 0 aliphatic carbocycles. The quantitative estimate of drug-likeness (QED) is 0.794. The second-order valence-corrected chi connectivity index (χ2v) is 5.19. The summed E-state index contributed by atoms with van der Waals surface area (Å²) < 4.78 is 5.26. The van der Waals surface area contributed by atoms with Crippen LogP contribution >= 0.6 is 11.3 Å². The number of hydrogen-bond donors (Lipinski definition) is 2. The SMILES string of the molecule is CC(C)OCCC(=O)NCc1ccc(C(=O)O)s1. The second-order valence-electron chi connectivity index (χ2n) is 4.02. The van der Waals surface area contributed by atoms with Crippen molar-refractivity contribution in [2.45, 2.75) is 32.9 Å². The summed E-state index contributed by atoms with van der Waals surface area (Å²) in [6.45, 7) is 4.58. The number of carboxylic acids is 1. The fourth-order valence-electron chi connectivity index (χ4n) is 1.25. The molecule has 1 amide bonds. The molecule has 0 aliphatic rings. The third kappa shape index (κ3) is 5.29. The van der Waals surface area contributed by atoms with E-state index < -0.39 is 5.97 Å². The molecule has 1 aromatic rings. The molecule has 6 heteroatoms. The van der Waals surface area contributed by atoms with E-state index in [1.54, 1.807) is 6.07 Å². The zero-order valence-electron chi connectivity index (χ0n) is 10.4. The molecule has 1 rings (SSSR count). The molecule has 0 bridgehead atoms. The van der Waals surface area contributed by atoms with Crippen molar-refractivity contribution in [2.24, 2.45) is 0 Å². The van der Waals surface area contributed by atoms with Crippen LogP contribution in [0, 0.1) is 0 Å². The third-order valence-electron chi connectivity index (χ3n) is 2.11. The van der Waals surface area contributed by atoms with Crippen LogP contribution in [0.5, 0.6) is 0 Å². The molecule has 0 aliphatic heterocycles. The molecule has 18 heavy (non-hydrogen) atoms. The second kappa shape index (κ2) is 7.13. The summed E-state index contributed by atoms with van der Waals surface area (Å²) >= 11 is 1.17. The summed E-state index contributed by atoms with van der Waals surface area (Å²) in [4.78, 5) is 23.2. The first-order valence-corrected chi connectivity index (χ1v) is 6.51. The first-order chi connectivity index (χ1) is 8.49. The highest BCUT2D eigenvalue weighted by Gasteiger charge is 2.08. The van der Waals surface area contributed by atoms with Crippen molar-refractivity contribution >= 4 is 23.2 Å². The Morgan fingerprint density at radius 3 is 2.72 bits per heavy atom. The lowest BCUT2D eigenvalue weighted by Crippen LogP contribution is -2.24. The fraction of sp³-hybridized carbons (Fsp3) is 0.500. The van der Waals surface area contributed by atoms with Crippen molar-refractivity contribution in [1.82, 2.24) is 5.32 Å². The van der Waals surface area contributed by atoms with Gasteiger partial charge in [0.25, 0.3) is 0 Å². The summed E-state index contributed by atoms with van der Waals surface area (Å²) in [5.41, 5.74) is 0. The average Bonchev–Trinajstić information content (AvgIpc) is 2.74. The molecule has 0 radical (unpaired) electrons. The Hall–Kier alpha value is -1.40. The van der Waals surface area contributed by atoms with Crippen LogP contribution in [0.25, 0.3) is 0 Å². The van der Waals surface area contributed by atoms with Gasteiger partial charge in [-0.15, -0.1) is 11.3 Å². The molecule has 1 aromatic heterocycles. The lowest BCUT2D eigenvalue weighted by Gasteiger charge is -2.07. The number of thiophene rings is 1. The van der Waals surface area contributed by atoms with Crippen LogP contribution in [0.4, 0.5) is 0 Å². The van der Waals surface area contributed by atoms with Crippen molar-refractivity contribution in [3.05, 3.63) is 21.9 Å². The predicted octanol–water partition coefficient (Wildman–Crippen LogP) is 1.88. The lowest BCUT2D eigenvalue weighted by molar-refractivity contribution is -0.122.